The highest BCUT2D eigenvalue weighted by Crippen LogP contribution is 2.13. The highest BCUT2D eigenvalue weighted by Gasteiger charge is 2.18. The van der Waals surface area contributed by atoms with Crippen molar-refractivity contribution in [2.24, 2.45) is 7.05 Å². The molecule has 7 nitrogen and oxygen atoms in total. The predicted molar refractivity (Wildman–Crippen MR) is 76.3 cm³/mol. The Morgan fingerprint density at radius 3 is 2.55 bits per heavy atom. The van der Waals surface area contributed by atoms with E-state index in [1.54, 1.807) is 11.7 Å². The number of hydrogen-bond donors (Lipinski definition) is 0. The molecule has 8 heteroatoms. The van der Waals surface area contributed by atoms with E-state index in [1.165, 1.54) is 11.6 Å². The molecule has 0 N–H and O–H groups in total. The van der Waals surface area contributed by atoms with Gasteiger partial charge in [0.15, 0.2) is 11.2 Å². The van der Waals surface area contributed by atoms with Crippen molar-refractivity contribution >= 4 is 22.8 Å². The average Bonchev–Trinajstić information content (AvgIpc) is 2.83. The number of hydrogen-bond acceptors (Lipinski definition) is 4. The molecule has 0 saturated heterocycles. The van der Waals surface area contributed by atoms with Crippen LogP contribution < -0.4 is 11.2 Å². The van der Waals surface area contributed by atoms with Crippen molar-refractivity contribution < 1.29 is 4.74 Å². The van der Waals surface area contributed by atoms with Gasteiger partial charge >= 0.3 is 5.69 Å². The fourth-order valence-electron chi connectivity index (χ4n) is 2.23. The number of alkyl halides is 1. The van der Waals surface area contributed by atoms with E-state index in [9.17, 15) is 9.59 Å². The van der Waals surface area contributed by atoms with Crippen LogP contribution in [0.15, 0.2) is 9.59 Å². The number of methoxy groups -OCH3 is 1. The first-order chi connectivity index (χ1) is 9.56. The number of aryl methyl sites for hydroxylation is 1. The van der Waals surface area contributed by atoms with Gasteiger partial charge < -0.3 is 9.30 Å². The molecule has 0 bridgehead atoms. The first-order valence-electron chi connectivity index (χ1n) is 6.30. The van der Waals surface area contributed by atoms with Crippen LogP contribution in [0.3, 0.4) is 0 Å². The lowest BCUT2D eigenvalue weighted by Crippen LogP contribution is -2.39. The molecule has 2 heterocycles. The van der Waals surface area contributed by atoms with Crippen LogP contribution in [0, 0.1) is 0 Å². The first kappa shape index (κ1) is 14.8. The highest BCUT2D eigenvalue weighted by atomic mass is 35.5. The second kappa shape index (κ2) is 5.80. The van der Waals surface area contributed by atoms with Gasteiger partial charge in [0.25, 0.3) is 5.56 Å². The Morgan fingerprint density at radius 2 is 2.00 bits per heavy atom. The molecular weight excluding hydrogens is 284 g/mol. The van der Waals surface area contributed by atoms with Gasteiger partial charge in [0, 0.05) is 20.7 Å². The second-order valence-electron chi connectivity index (χ2n) is 4.37. The van der Waals surface area contributed by atoms with Crippen LogP contribution in [0.25, 0.3) is 11.2 Å². The van der Waals surface area contributed by atoms with Crippen LogP contribution in [0.5, 0.6) is 0 Å². The maximum absolute atomic E-state index is 12.3. The molecule has 2 rings (SSSR count). The smallest absolute Gasteiger partial charge is 0.332 e. The van der Waals surface area contributed by atoms with Gasteiger partial charge in [-0.25, -0.2) is 9.78 Å². The third-order valence-electron chi connectivity index (χ3n) is 3.26. The number of nitrogens with zero attached hydrogens (tertiary/aromatic N) is 4. The normalized spacial score (nSPS) is 11.4. The molecule has 0 fully saturated rings. The number of fused-ring (bicyclic) bond motifs is 1. The summed E-state index contributed by atoms with van der Waals surface area (Å²) in [5.41, 5.74) is 0.0137. The Labute approximate surface area is 120 Å². The van der Waals surface area contributed by atoms with Gasteiger partial charge in [-0.15, -0.1) is 11.6 Å². The minimum Gasteiger partial charge on any atom is -0.383 e. The van der Waals surface area contributed by atoms with Crippen molar-refractivity contribution in [1.29, 1.82) is 0 Å². The van der Waals surface area contributed by atoms with Gasteiger partial charge in [0.1, 0.15) is 5.82 Å². The van der Waals surface area contributed by atoms with E-state index in [4.69, 9.17) is 16.3 Å². The second-order valence-corrected chi connectivity index (χ2v) is 4.64. The molecule has 0 unspecified atom stereocenters. The summed E-state index contributed by atoms with van der Waals surface area (Å²) in [6.45, 7) is 3.17. The fourth-order valence-corrected chi connectivity index (χ4v) is 2.43. The Morgan fingerprint density at radius 1 is 1.30 bits per heavy atom. The SMILES string of the molecule is CCn1c(CCl)nc2c1c(=O)n(C)c(=O)n2CCOC. The summed E-state index contributed by atoms with van der Waals surface area (Å²) < 4.78 is 9.28. The maximum Gasteiger partial charge on any atom is 0.332 e. The molecule has 2 aromatic rings. The molecule has 0 aliphatic carbocycles. The van der Waals surface area contributed by atoms with E-state index >= 15 is 0 Å². The maximum atomic E-state index is 12.3. The van der Waals surface area contributed by atoms with Crippen molar-refractivity contribution in [3.63, 3.8) is 0 Å². The lowest BCUT2D eigenvalue weighted by molar-refractivity contribution is 0.186. The van der Waals surface area contributed by atoms with E-state index in [0.29, 0.717) is 36.7 Å². The molecule has 0 atom stereocenters. The summed E-state index contributed by atoms with van der Waals surface area (Å²) in [6, 6.07) is 0. The number of rotatable bonds is 5. The molecule has 0 aromatic carbocycles. The number of imidazole rings is 1. The Kier molecular flexibility index (Phi) is 4.29. The molecule has 0 amide bonds. The molecule has 2 aromatic heterocycles. The van der Waals surface area contributed by atoms with Crippen molar-refractivity contribution in [3.05, 3.63) is 26.7 Å². The Balaban J connectivity index is 2.89. The van der Waals surface area contributed by atoms with Crippen LogP contribution >= 0.6 is 11.6 Å². The third kappa shape index (κ3) is 2.16. The Hall–Kier alpha value is -1.60. The molecule has 110 valence electrons. The average molecular weight is 301 g/mol. The fraction of sp³-hybridized carbons (Fsp3) is 0.583. The summed E-state index contributed by atoms with van der Waals surface area (Å²) in [6.07, 6.45) is 0. The number of ether oxygens (including phenoxy) is 1. The topological polar surface area (TPSA) is 71.0 Å². The lowest BCUT2D eigenvalue weighted by Gasteiger charge is -2.09. The summed E-state index contributed by atoms with van der Waals surface area (Å²) in [5.74, 6) is 0.766. The van der Waals surface area contributed by atoms with Gasteiger partial charge in [-0.05, 0) is 6.92 Å². The van der Waals surface area contributed by atoms with Crippen molar-refractivity contribution in [1.82, 2.24) is 18.7 Å². The van der Waals surface area contributed by atoms with Crippen LogP contribution in [0.4, 0.5) is 0 Å². The molecule has 0 aliphatic heterocycles. The quantitative estimate of drug-likeness (QED) is 0.745. The summed E-state index contributed by atoms with van der Waals surface area (Å²) in [4.78, 5) is 28.8. The molecule has 0 spiro atoms. The van der Waals surface area contributed by atoms with Gasteiger partial charge in [0.05, 0.1) is 19.0 Å². The minimum absolute atomic E-state index is 0.185. The highest BCUT2D eigenvalue weighted by molar-refractivity contribution is 6.16. The zero-order chi connectivity index (χ0) is 14.9. The first-order valence-corrected chi connectivity index (χ1v) is 6.84. The molecule has 0 aliphatic rings. The van der Waals surface area contributed by atoms with Gasteiger partial charge in [-0.3, -0.25) is 13.9 Å². The van der Waals surface area contributed by atoms with Crippen LogP contribution in [0.1, 0.15) is 12.7 Å². The van der Waals surface area contributed by atoms with E-state index in [1.807, 2.05) is 6.92 Å². The van der Waals surface area contributed by atoms with Crippen LogP contribution in [-0.2, 0) is 30.8 Å². The van der Waals surface area contributed by atoms with Crippen LogP contribution in [0.2, 0.25) is 0 Å². The summed E-state index contributed by atoms with van der Waals surface area (Å²) in [7, 11) is 3.01. The van der Waals surface area contributed by atoms with E-state index in [0.717, 1.165) is 4.57 Å². The molecule has 0 radical (unpaired) electrons. The number of halogens is 1. The monoisotopic (exact) mass is 300 g/mol. The molecule has 0 saturated carbocycles. The predicted octanol–water partition coefficient (Wildman–Crippen LogP) is 0.302. The van der Waals surface area contributed by atoms with E-state index in [2.05, 4.69) is 4.98 Å². The lowest BCUT2D eigenvalue weighted by atomic mass is 10.4. The summed E-state index contributed by atoms with van der Waals surface area (Å²) >= 11 is 5.87. The Bertz CT molecular complexity index is 744. The van der Waals surface area contributed by atoms with Gasteiger partial charge in [-0.2, -0.15) is 0 Å². The van der Waals surface area contributed by atoms with Crippen molar-refractivity contribution in [3.8, 4) is 0 Å². The third-order valence-corrected chi connectivity index (χ3v) is 3.50. The van der Waals surface area contributed by atoms with E-state index < -0.39 is 5.69 Å². The zero-order valence-corrected chi connectivity index (χ0v) is 12.5. The van der Waals surface area contributed by atoms with Gasteiger partial charge in [-0.1, -0.05) is 0 Å². The van der Waals surface area contributed by atoms with Gasteiger partial charge in [0.2, 0.25) is 0 Å². The van der Waals surface area contributed by atoms with Crippen LogP contribution in [-0.4, -0.2) is 32.4 Å². The standard InChI is InChI=1S/C12H17ClN4O3/c1-4-16-8(7-13)14-10-9(16)11(18)15(2)12(19)17(10)5-6-20-3/h4-7H2,1-3H3. The largest absolute Gasteiger partial charge is 0.383 e. The van der Waals surface area contributed by atoms with E-state index in [-0.39, 0.29) is 11.4 Å². The molecule has 20 heavy (non-hydrogen) atoms. The molecular formula is C12H17ClN4O3. The summed E-state index contributed by atoms with van der Waals surface area (Å²) in [5, 5.41) is 0. The van der Waals surface area contributed by atoms with Crippen molar-refractivity contribution in [2.75, 3.05) is 13.7 Å². The zero-order valence-electron chi connectivity index (χ0n) is 11.7. The minimum atomic E-state index is -0.401. The van der Waals surface area contributed by atoms with Crippen molar-refractivity contribution in [2.45, 2.75) is 25.9 Å². The number of aromatic nitrogens is 4.